The lowest BCUT2D eigenvalue weighted by atomic mass is 9.96. The molecule has 0 fully saturated rings. The molecule has 0 bridgehead atoms. The van der Waals surface area contributed by atoms with Crippen molar-refractivity contribution in [3.8, 4) is 0 Å². The van der Waals surface area contributed by atoms with Crippen LogP contribution < -0.4 is 0 Å². The van der Waals surface area contributed by atoms with Gasteiger partial charge in [0.2, 0.25) is 0 Å². The van der Waals surface area contributed by atoms with Crippen molar-refractivity contribution in [1.29, 1.82) is 0 Å². The van der Waals surface area contributed by atoms with Gasteiger partial charge in [0.1, 0.15) is 0 Å². The topological polar surface area (TPSA) is 73.3 Å². The Morgan fingerprint density at radius 2 is 2.07 bits per heavy atom. The van der Waals surface area contributed by atoms with Crippen molar-refractivity contribution >= 4 is 16.9 Å². The molecule has 0 unspecified atom stereocenters. The zero-order valence-electron chi connectivity index (χ0n) is 8.19. The van der Waals surface area contributed by atoms with Crippen molar-refractivity contribution < 1.29 is 15.0 Å². The molecule has 0 saturated heterocycles. The molecule has 0 amide bonds. The normalized spacial score (nSPS) is 15.1. The van der Waals surface area contributed by atoms with Crippen molar-refractivity contribution in [3.05, 3.63) is 36.0 Å². The molecule has 4 nitrogen and oxygen atoms in total. The van der Waals surface area contributed by atoms with E-state index in [0.29, 0.717) is 5.56 Å². The number of aliphatic hydroxyl groups is 1. The van der Waals surface area contributed by atoms with E-state index in [1.165, 1.54) is 13.1 Å². The van der Waals surface area contributed by atoms with Gasteiger partial charge in [0.25, 0.3) is 0 Å². The molecule has 0 saturated carbocycles. The smallest absolute Gasteiger partial charge is 0.340 e. The molecule has 0 radical (unpaired) electrons. The largest absolute Gasteiger partial charge is 0.479 e. The van der Waals surface area contributed by atoms with Crippen LogP contribution in [0.5, 0.6) is 0 Å². The molecule has 0 spiro atoms. The number of hydrogen-bond acceptors (Lipinski definition) is 2. The van der Waals surface area contributed by atoms with E-state index in [1.807, 2.05) is 12.1 Å². The number of aromatic nitrogens is 1. The molecular formula is C11H11NO3. The second-order valence-electron chi connectivity index (χ2n) is 3.63. The first-order valence-electron chi connectivity index (χ1n) is 4.56. The zero-order valence-corrected chi connectivity index (χ0v) is 8.19. The molecule has 3 N–H and O–H groups in total. The minimum atomic E-state index is -1.86. The van der Waals surface area contributed by atoms with Crippen LogP contribution >= 0.6 is 0 Å². The average Bonchev–Trinajstić information content (AvgIpc) is 2.61. The van der Waals surface area contributed by atoms with Gasteiger partial charge >= 0.3 is 5.97 Å². The molecule has 1 heterocycles. The van der Waals surface area contributed by atoms with Crippen molar-refractivity contribution in [1.82, 2.24) is 4.98 Å². The van der Waals surface area contributed by atoms with Gasteiger partial charge < -0.3 is 15.2 Å². The van der Waals surface area contributed by atoms with Crippen LogP contribution in [0.4, 0.5) is 0 Å². The highest BCUT2D eigenvalue weighted by atomic mass is 16.4. The maximum Gasteiger partial charge on any atom is 0.340 e. The minimum Gasteiger partial charge on any atom is -0.479 e. The fourth-order valence-corrected chi connectivity index (χ4v) is 1.59. The van der Waals surface area contributed by atoms with Crippen LogP contribution in [0.2, 0.25) is 0 Å². The van der Waals surface area contributed by atoms with Crippen molar-refractivity contribution in [2.24, 2.45) is 0 Å². The molecule has 1 atom stereocenters. The van der Waals surface area contributed by atoms with E-state index in [9.17, 15) is 9.90 Å². The summed E-state index contributed by atoms with van der Waals surface area (Å²) in [6.45, 7) is 1.27. The second kappa shape index (κ2) is 3.10. The Hall–Kier alpha value is -1.81. The molecule has 1 aromatic heterocycles. The maximum atomic E-state index is 10.9. The standard InChI is InChI=1S/C11H11NO3/c1-11(15,10(13)14)8-6-12-9-5-3-2-4-7(8)9/h2-6,12,15H,1H3,(H,13,14)/t11-/m0/s1. The van der Waals surface area contributed by atoms with E-state index >= 15 is 0 Å². The van der Waals surface area contributed by atoms with Gasteiger partial charge in [-0.3, -0.25) is 0 Å². The van der Waals surface area contributed by atoms with E-state index < -0.39 is 11.6 Å². The maximum absolute atomic E-state index is 10.9. The summed E-state index contributed by atoms with van der Waals surface area (Å²) in [6, 6.07) is 7.25. The summed E-state index contributed by atoms with van der Waals surface area (Å²) in [6.07, 6.45) is 1.53. The van der Waals surface area contributed by atoms with Gasteiger partial charge in [0, 0.05) is 22.7 Å². The number of aromatic amines is 1. The number of carboxylic acids is 1. The minimum absolute atomic E-state index is 0.380. The van der Waals surface area contributed by atoms with Gasteiger partial charge in [-0.2, -0.15) is 0 Å². The number of benzene rings is 1. The fourth-order valence-electron chi connectivity index (χ4n) is 1.59. The highest BCUT2D eigenvalue weighted by molar-refractivity contribution is 5.90. The Labute approximate surface area is 86.2 Å². The summed E-state index contributed by atoms with van der Waals surface area (Å²) < 4.78 is 0. The first kappa shape index (κ1) is 9.73. The summed E-state index contributed by atoms with van der Waals surface area (Å²) in [5.74, 6) is -1.26. The van der Waals surface area contributed by atoms with Gasteiger partial charge in [-0.05, 0) is 13.0 Å². The number of para-hydroxylation sites is 1. The third kappa shape index (κ3) is 1.39. The van der Waals surface area contributed by atoms with Crippen molar-refractivity contribution in [3.63, 3.8) is 0 Å². The van der Waals surface area contributed by atoms with Gasteiger partial charge in [0.05, 0.1) is 0 Å². The molecule has 1 aromatic carbocycles. The zero-order chi connectivity index (χ0) is 11.1. The quantitative estimate of drug-likeness (QED) is 0.694. The van der Waals surface area contributed by atoms with Crippen LogP contribution in [-0.2, 0) is 10.4 Å². The van der Waals surface area contributed by atoms with E-state index in [-0.39, 0.29) is 0 Å². The Balaban J connectivity index is 2.67. The van der Waals surface area contributed by atoms with Gasteiger partial charge in [-0.1, -0.05) is 18.2 Å². The average molecular weight is 205 g/mol. The highest BCUT2D eigenvalue weighted by Crippen LogP contribution is 2.28. The third-order valence-electron chi connectivity index (χ3n) is 2.53. The summed E-state index contributed by atoms with van der Waals surface area (Å²) in [4.78, 5) is 13.8. The van der Waals surface area contributed by atoms with E-state index in [1.54, 1.807) is 12.1 Å². The molecule has 0 aliphatic rings. The van der Waals surface area contributed by atoms with Crippen LogP contribution in [0, 0.1) is 0 Å². The second-order valence-corrected chi connectivity index (χ2v) is 3.63. The number of carboxylic acid groups (broad SMARTS) is 1. The number of rotatable bonds is 2. The number of H-pyrrole nitrogens is 1. The van der Waals surface area contributed by atoms with Crippen LogP contribution in [0.25, 0.3) is 10.9 Å². The van der Waals surface area contributed by atoms with Crippen LogP contribution in [0.3, 0.4) is 0 Å². The van der Waals surface area contributed by atoms with E-state index in [4.69, 9.17) is 5.11 Å². The van der Waals surface area contributed by atoms with Crippen LogP contribution in [0.1, 0.15) is 12.5 Å². The summed E-state index contributed by atoms with van der Waals surface area (Å²) in [7, 11) is 0. The Bertz CT molecular complexity index is 513. The Morgan fingerprint density at radius 1 is 1.40 bits per heavy atom. The van der Waals surface area contributed by atoms with Crippen LogP contribution in [0.15, 0.2) is 30.5 Å². The first-order chi connectivity index (χ1) is 7.03. The van der Waals surface area contributed by atoms with Gasteiger partial charge in [0.15, 0.2) is 5.60 Å². The molecule has 2 aromatic rings. The Morgan fingerprint density at radius 3 is 2.73 bits per heavy atom. The number of fused-ring (bicyclic) bond motifs is 1. The number of hydrogen-bond donors (Lipinski definition) is 3. The van der Waals surface area contributed by atoms with Crippen molar-refractivity contribution in [2.45, 2.75) is 12.5 Å². The summed E-state index contributed by atoms with van der Waals surface area (Å²) in [5, 5.41) is 19.5. The van der Waals surface area contributed by atoms with E-state index in [2.05, 4.69) is 4.98 Å². The SMILES string of the molecule is C[C@@](O)(C(=O)O)c1c[nH]c2ccccc12. The van der Waals surface area contributed by atoms with Crippen molar-refractivity contribution in [2.75, 3.05) is 0 Å². The van der Waals surface area contributed by atoms with Crippen LogP contribution in [-0.4, -0.2) is 21.2 Å². The van der Waals surface area contributed by atoms with Gasteiger partial charge in [-0.15, -0.1) is 0 Å². The van der Waals surface area contributed by atoms with Gasteiger partial charge in [-0.25, -0.2) is 4.79 Å². The van der Waals surface area contributed by atoms with E-state index in [0.717, 1.165) is 10.9 Å². The predicted octanol–water partition coefficient (Wildman–Crippen LogP) is 1.46. The molecule has 0 aliphatic carbocycles. The summed E-state index contributed by atoms with van der Waals surface area (Å²) >= 11 is 0. The summed E-state index contributed by atoms with van der Waals surface area (Å²) in [5.41, 5.74) is -0.667. The predicted molar refractivity (Wildman–Crippen MR) is 55.5 cm³/mol. The first-order valence-corrected chi connectivity index (χ1v) is 4.56. The Kier molecular flexibility index (Phi) is 2.01. The highest BCUT2D eigenvalue weighted by Gasteiger charge is 2.34. The lowest BCUT2D eigenvalue weighted by Crippen LogP contribution is -2.31. The molecule has 4 heteroatoms. The molecule has 15 heavy (non-hydrogen) atoms. The lowest BCUT2D eigenvalue weighted by Gasteiger charge is -2.16. The lowest BCUT2D eigenvalue weighted by molar-refractivity contribution is -0.157. The monoisotopic (exact) mass is 205 g/mol. The molecule has 0 aliphatic heterocycles. The number of carbonyl (C=O) groups is 1. The fraction of sp³-hybridized carbons (Fsp3) is 0.182. The number of nitrogens with one attached hydrogen (secondary N) is 1. The molecular weight excluding hydrogens is 194 g/mol. The molecule has 2 rings (SSSR count). The number of aliphatic carboxylic acids is 1. The third-order valence-corrected chi connectivity index (χ3v) is 2.53. The molecule has 78 valence electrons.